The normalized spacial score (nSPS) is 18.1. The van der Waals surface area contributed by atoms with Crippen LogP contribution < -0.4 is 20.3 Å². The fourth-order valence-electron chi connectivity index (χ4n) is 3.52. The predicted octanol–water partition coefficient (Wildman–Crippen LogP) is 1.38. The molecule has 0 saturated carbocycles. The second-order valence-corrected chi connectivity index (χ2v) is 6.61. The number of ether oxygens (including phenoxy) is 1. The van der Waals surface area contributed by atoms with E-state index in [9.17, 15) is 9.59 Å². The minimum atomic E-state index is -0.719. The molecular formula is C18H22ClN5O3. The van der Waals surface area contributed by atoms with Crippen LogP contribution >= 0.6 is 12.4 Å². The summed E-state index contributed by atoms with van der Waals surface area (Å²) in [6.45, 7) is 1.54. The zero-order chi connectivity index (χ0) is 18.1. The first kappa shape index (κ1) is 19.2. The van der Waals surface area contributed by atoms with Gasteiger partial charge in [0.05, 0.1) is 5.69 Å². The second kappa shape index (κ2) is 7.58. The molecule has 27 heavy (non-hydrogen) atoms. The highest BCUT2D eigenvalue weighted by atomic mass is 35.5. The second-order valence-electron chi connectivity index (χ2n) is 6.61. The van der Waals surface area contributed by atoms with Crippen molar-refractivity contribution in [1.29, 1.82) is 0 Å². The third-order valence-corrected chi connectivity index (χ3v) is 5.10. The molecular weight excluding hydrogens is 370 g/mol. The number of likely N-dealkylation sites (N-methyl/N-ethyl adjacent to an activating group) is 1. The number of carbonyl (C=O) groups excluding carboxylic acids is 2. The number of halogens is 1. The number of anilines is 2. The van der Waals surface area contributed by atoms with E-state index < -0.39 is 5.54 Å². The van der Waals surface area contributed by atoms with Crippen molar-refractivity contribution in [3.63, 3.8) is 0 Å². The molecule has 1 aromatic heterocycles. The van der Waals surface area contributed by atoms with E-state index in [-0.39, 0.29) is 30.8 Å². The monoisotopic (exact) mass is 391 g/mol. The van der Waals surface area contributed by atoms with Gasteiger partial charge in [-0.25, -0.2) is 0 Å². The topological polar surface area (TPSA) is 88.5 Å². The first-order valence-electron chi connectivity index (χ1n) is 8.66. The molecule has 0 radical (unpaired) electrons. The van der Waals surface area contributed by atoms with E-state index in [4.69, 9.17) is 4.74 Å². The van der Waals surface area contributed by atoms with Crippen LogP contribution in [0.5, 0.6) is 5.75 Å². The third-order valence-electron chi connectivity index (χ3n) is 5.10. The minimum Gasteiger partial charge on any atom is -0.482 e. The van der Waals surface area contributed by atoms with Gasteiger partial charge in [-0.15, -0.1) is 12.4 Å². The number of nitrogens with one attached hydrogen (secondary N) is 2. The van der Waals surface area contributed by atoms with Crippen molar-refractivity contribution in [1.82, 2.24) is 15.1 Å². The molecule has 1 fully saturated rings. The van der Waals surface area contributed by atoms with Crippen LogP contribution in [0.3, 0.4) is 0 Å². The molecule has 144 valence electrons. The van der Waals surface area contributed by atoms with E-state index >= 15 is 0 Å². The van der Waals surface area contributed by atoms with Gasteiger partial charge in [-0.3, -0.25) is 14.3 Å². The summed E-state index contributed by atoms with van der Waals surface area (Å²) >= 11 is 0. The molecule has 0 atom stereocenters. The standard InChI is InChI=1S/C18H21N5O3.ClH/c1-22-14-11-13(3-4-15(14)26-12-16(22)24)21-17(25)18(5-8-19-9-6-18)23-10-2-7-20-23;/h2-4,7,10-11,19H,5-6,8-9,12H2,1H3,(H,21,25);1H. The van der Waals surface area contributed by atoms with Gasteiger partial charge in [0.1, 0.15) is 11.3 Å². The molecule has 0 bridgehead atoms. The molecule has 0 spiro atoms. The Morgan fingerprint density at radius 2 is 2.11 bits per heavy atom. The smallest absolute Gasteiger partial charge is 0.264 e. The van der Waals surface area contributed by atoms with E-state index in [2.05, 4.69) is 15.7 Å². The number of aromatic nitrogens is 2. The number of rotatable bonds is 3. The third kappa shape index (κ3) is 3.38. The van der Waals surface area contributed by atoms with Crippen molar-refractivity contribution in [2.45, 2.75) is 18.4 Å². The lowest BCUT2D eigenvalue weighted by Crippen LogP contribution is -2.52. The van der Waals surface area contributed by atoms with Crippen LogP contribution in [0.2, 0.25) is 0 Å². The molecule has 2 N–H and O–H groups in total. The van der Waals surface area contributed by atoms with E-state index in [0.717, 1.165) is 13.1 Å². The van der Waals surface area contributed by atoms with E-state index in [1.165, 1.54) is 0 Å². The van der Waals surface area contributed by atoms with Crippen LogP contribution in [0, 0.1) is 0 Å². The summed E-state index contributed by atoms with van der Waals surface area (Å²) in [7, 11) is 1.70. The molecule has 3 heterocycles. The highest BCUT2D eigenvalue weighted by Gasteiger charge is 2.42. The summed E-state index contributed by atoms with van der Waals surface area (Å²) in [6.07, 6.45) is 4.84. The first-order valence-corrected chi connectivity index (χ1v) is 8.66. The van der Waals surface area contributed by atoms with Gasteiger partial charge in [0, 0.05) is 25.1 Å². The molecule has 2 aliphatic heterocycles. The number of piperidine rings is 1. The van der Waals surface area contributed by atoms with E-state index in [1.54, 1.807) is 41.0 Å². The van der Waals surface area contributed by atoms with Crippen molar-refractivity contribution < 1.29 is 14.3 Å². The van der Waals surface area contributed by atoms with Gasteiger partial charge in [0.15, 0.2) is 6.61 Å². The average molecular weight is 392 g/mol. The highest BCUT2D eigenvalue weighted by molar-refractivity contribution is 6.00. The zero-order valence-electron chi connectivity index (χ0n) is 15.0. The molecule has 8 nitrogen and oxygen atoms in total. The van der Waals surface area contributed by atoms with Crippen molar-refractivity contribution in [2.24, 2.45) is 0 Å². The van der Waals surface area contributed by atoms with Crippen molar-refractivity contribution >= 4 is 35.6 Å². The number of carbonyl (C=O) groups is 2. The van der Waals surface area contributed by atoms with Gasteiger partial charge in [0.2, 0.25) is 0 Å². The number of amides is 2. The quantitative estimate of drug-likeness (QED) is 0.825. The van der Waals surface area contributed by atoms with Gasteiger partial charge >= 0.3 is 0 Å². The number of hydrogen-bond acceptors (Lipinski definition) is 5. The van der Waals surface area contributed by atoms with Gasteiger partial charge in [-0.1, -0.05) is 0 Å². The maximum atomic E-state index is 13.2. The maximum Gasteiger partial charge on any atom is 0.264 e. The van der Waals surface area contributed by atoms with Crippen molar-refractivity contribution in [3.8, 4) is 5.75 Å². The average Bonchev–Trinajstić information content (AvgIpc) is 3.21. The Morgan fingerprint density at radius 3 is 2.81 bits per heavy atom. The number of nitrogens with zero attached hydrogens (tertiary/aromatic N) is 3. The Balaban J connectivity index is 0.00000210. The molecule has 1 saturated heterocycles. The Hall–Kier alpha value is -2.58. The molecule has 0 aliphatic carbocycles. The van der Waals surface area contributed by atoms with Gasteiger partial charge in [-0.2, -0.15) is 5.10 Å². The number of hydrogen-bond donors (Lipinski definition) is 2. The summed E-state index contributed by atoms with van der Waals surface area (Å²) in [5, 5.41) is 10.6. The molecule has 9 heteroatoms. The van der Waals surface area contributed by atoms with Gasteiger partial charge in [-0.05, 0) is 50.2 Å². The van der Waals surface area contributed by atoms with Crippen LogP contribution in [-0.4, -0.2) is 48.3 Å². The van der Waals surface area contributed by atoms with Gasteiger partial charge < -0.3 is 20.3 Å². The summed E-state index contributed by atoms with van der Waals surface area (Å²) in [6, 6.07) is 7.16. The van der Waals surface area contributed by atoms with Crippen LogP contribution in [0.4, 0.5) is 11.4 Å². The van der Waals surface area contributed by atoms with Gasteiger partial charge in [0.25, 0.3) is 11.8 Å². The van der Waals surface area contributed by atoms with Crippen molar-refractivity contribution in [2.75, 3.05) is 37.0 Å². The highest BCUT2D eigenvalue weighted by Crippen LogP contribution is 2.35. The molecule has 4 rings (SSSR count). The molecule has 2 aliphatic rings. The molecule has 0 unspecified atom stereocenters. The summed E-state index contributed by atoms with van der Waals surface area (Å²) in [5.74, 6) is 0.412. The predicted molar refractivity (Wildman–Crippen MR) is 104 cm³/mol. The lowest BCUT2D eigenvalue weighted by molar-refractivity contribution is -0.126. The van der Waals surface area contributed by atoms with Crippen LogP contribution in [0.25, 0.3) is 0 Å². The van der Waals surface area contributed by atoms with E-state index in [0.29, 0.717) is 30.0 Å². The van der Waals surface area contributed by atoms with Crippen LogP contribution in [0.1, 0.15) is 12.8 Å². The SMILES string of the molecule is CN1C(=O)COc2ccc(NC(=O)C3(n4cccn4)CCNCC3)cc21.Cl. The number of benzene rings is 1. The Labute approximate surface area is 163 Å². The van der Waals surface area contributed by atoms with Crippen LogP contribution in [-0.2, 0) is 15.1 Å². The fourth-order valence-corrected chi connectivity index (χ4v) is 3.52. The maximum absolute atomic E-state index is 13.2. The lowest BCUT2D eigenvalue weighted by Gasteiger charge is -2.36. The van der Waals surface area contributed by atoms with E-state index in [1.807, 2.05) is 12.3 Å². The van der Waals surface area contributed by atoms with Crippen LogP contribution in [0.15, 0.2) is 36.7 Å². The molecule has 1 aromatic carbocycles. The Bertz CT molecular complexity index is 834. The Morgan fingerprint density at radius 1 is 1.33 bits per heavy atom. The summed E-state index contributed by atoms with van der Waals surface area (Å²) in [5.41, 5.74) is 0.560. The minimum absolute atomic E-state index is 0. The molecule has 2 amide bonds. The largest absolute Gasteiger partial charge is 0.482 e. The summed E-state index contributed by atoms with van der Waals surface area (Å²) < 4.78 is 7.19. The molecule has 2 aromatic rings. The lowest BCUT2D eigenvalue weighted by atomic mass is 9.87. The van der Waals surface area contributed by atoms with Crippen molar-refractivity contribution in [3.05, 3.63) is 36.7 Å². The number of fused-ring (bicyclic) bond motifs is 1. The Kier molecular flexibility index (Phi) is 5.38. The zero-order valence-corrected chi connectivity index (χ0v) is 15.8. The summed E-state index contributed by atoms with van der Waals surface area (Å²) in [4.78, 5) is 26.6. The first-order chi connectivity index (χ1) is 12.6. The fraction of sp³-hybridized carbons (Fsp3) is 0.389.